The summed E-state index contributed by atoms with van der Waals surface area (Å²) in [6.45, 7) is 12.5. The van der Waals surface area contributed by atoms with Crippen LogP contribution in [-0.2, 0) is 39.8 Å². The first kappa shape index (κ1) is 35.7. The van der Waals surface area contributed by atoms with Crippen molar-refractivity contribution in [3.8, 4) is 5.75 Å². The molecule has 0 aliphatic carbocycles. The normalized spacial score (nSPS) is 13.4. The van der Waals surface area contributed by atoms with E-state index in [1.54, 1.807) is 53.7 Å². The minimum absolute atomic E-state index is 0.0000443. The molecule has 0 saturated heterocycles. The maximum Gasteiger partial charge on any atom is 0.514 e. The Kier molecular flexibility index (Phi) is 13.2. The molecule has 0 aromatic heterocycles. The molecule has 0 bridgehead atoms. The summed E-state index contributed by atoms with van der Waals surface area (Å²) >= 11 is 0. The predicted octanol–water partition coefficient (Wildman–Crippen LogP) is 1.73. The van der Waals surface area contributed by atoms with Gasteiger partial charge in [0, 0.05) is 6.42 Å². The fourth-order valence-electron chi connectivity index (χ4n) is 3.18. The van der Waals surface area contributed by atoms with Gasteiger partial charge in [-0.1, -0.05) is 12.1 Å². The van der Waals surface area contributed by atoms with Gasteiger partial charge in [0.05, 0.1) is 13.7 Å². The van der Waals surface area contributed by atoms with Gasteiger partial charge in [-0.05, 0) is 73.1 Å². The zero-order valence-corrected chi connectivity index (χ0v) is 25.5. The molecular formula is C28H42N4O10. The highest BCUT2D eigenvalue weighted by atomic mass is 16.7. The lowest BCUT2D eigenvalue weighted by Crippen LogP contribution is -2.54. The fraction of sp³-hybridized carbons (Fsp3) is 0.571. The number of ether oxygens (including phenoxy) is 4. The molecule has 0 unspecified atom stereocenters. The number of hydrogen-bond donors (Lipinski definition) is 4. The van der Waals surface area contributed by atoms with Crippen molar-refractivity contribution in [1.29, 1.82) is 0 Å². The number of esters is 1. The molecule has 0 radical (unpaired) electrons. The van der Waals surface area contributed by atoms with Crippen LogP contribution in [0.2, 0.25) is 0 Å². The second-order valence-electron chi connectivity index (χ2n) is 11.4. The van der Waals surface area contributed by atoms with Gasteiger partial charge < -0.3 is 40.2 Å². The minimum Gasteiger partial charge on any atom is -0.467 e. The Bertz CT molecular complexity index is 1120. The summed E-state index contributed by atoms with van der Waals surface area (Å²) in [4.78, 5) is 73.4. The van der Waals surface area contributed by atoms with E-state index in [1.807, 2.05) is 0 Å². The molecule has 3 atom stereocenters. The summed E-state index contributed by atoms with van der Waals surface area (Å²) in [7, 11) is 1.18. The molecule has 0 fully saturated rings. The highest BCUT2D eigenvalue weighted by Crippen LogP contribution is 2.17. The first-order valence-corrected chi connectivity index (χ1v) is 13.2. The fourth-order valence-corrected chi connectivity index (χ4v) is 3.18. The average Bonchev–Trinajstić information content (AvgIpc) is 2.84. The molecule has 42 heavy (non-hydrogen) atoms. The Balaban J connectivity index is 2.88. The van der Waals surface area contributed by atoms with Gasteiger partial charge in [0.25, 0.3) is 0 Å². The van der Waals surface area contributed by atoms with Crippen molar-refractivity contribution in [3.05, 3.63) is 29.8 Å². The van der Waals surface area contributed by atoms with Crippen LogP contribution in [0.1, 0.15) is 61.0 Å². The molecule has 0 aliphatic rings. The molecule has 14 nitrogen and oxygen atoms in total. The summed E-state index contributed by atoms with van der Waals surface area (Å²) in [6.07, 6.45) is -1.72. The van der Waals surface area contributed by atoms with E-state index in [4.69, 9.17) is 14.2 Å². The third-order valence-electron chi connectivity index (χ3n) is 5.07. The largest absolute Gasteiger partial charge is 0.514 e. The summed E-state index contributed by atoms with van der Waals surface area (Å²) in [5.41, 5.74) is -0.962. The summed E-state index contributed by atoms with van der Waals surface area (Å²) in [5.74, 6) is -2.44. The van der Waals surface area contributed by atoms with E-state index in [9.17, 15) is 28.8 Å². The van der Waals surface area contributed by atoms with Crippen LogP contribution in [0.5, 0.6) is 5.75 Å². The highest BCUT2D eigenvalue weighted by molar-refractivity contribution is 5.93. The number of amides is 4. The molecule has 4 N–H and O–H groups in total. The van der Waals surface area contributed by atoms with Crippen molar-refractivity contribution in [3.63, 3.8) is 0 Å². The van der Waals surface area contributed by atoms with Gasteiger partial charge in [0.15, 0.2) is 0 Å². The van der Waals surface area contributed by atoms with E-state index in [-0.39, 0.29) is 12.2 Å². The molecular weight excluding hydrogens is 552 g/mol. The van der Waals surface area contributed by atoms with Crippen LogP contribution in [0.25, 0.3) is 0 Å². The maximum absolute atomic E-state index is 13.1. The van der Waals surface area contributed by atoms with Crippen LogP contribution in [0.15, 0.2) is 24.3 Å². The lowest BCUT2D eigenvalue weighted by atomic mass is 10.0. The van der Waals surface area contributed by atoms with E-state index < -0.39 is 71.8 Å². The molecule has 0 heterocycles. The number of alkyl carbamates (subject to hydrolysis) is 1. The van der Waals surface area contributed by atoms with Gasteiger partial charge in [-0.15, -0.1) is 0 Å². The first-order chi connectivity index (χ1) is 19.3. The van der Waals surface area contributed by atoms with Crippen LogP contribution in [0, 0.1) is 0 Å². The monoisotopic (exact) mass is 594 g/mol. The zero-order chi connectivity index (χ0) is 32.3. The standard InChI is InChI=1S/C28H42N4O10/c1-16(22(34)29-15-21(33)30-17(2)24(36)39-9)31-23(35)20(32-25(37)41-27(3,4)5)14-18-10-12-19(13-11-18)40-26(38)42-28(6,7)8/h10-13,16-17,20H,14-15H2,1-9H3,(H,29,34)(H,30,33)(H,31,35)(H,32,37)/t16-,17-,20-/m0/s1. The van der Waals surface area contributed by atoms with Crippen LogP contribution in [-0.4, -0.2) is 78.9 Å². The molecule has 4 amide bonds. The smallest absolute Gasteiger partial charge is 0.467 e. The van der Waals surface area contributed by atoms with Crippen molar-refractivity contribution in [2.45, 2.75) is 91.1 Å². The van der Waals surface area contributed by atoms with Gasteiger partial charge in [-0.3, -0.25) is 14.4 Å². The van der Waals surface area contributed by atoms with E-state index in [0.717, 1.165) is 0 Å². The Morgan fingerprint density at radius 1 is 0.762 bits per heavy atom. The molecule has 1 aromatic rings. The Labute approximate surface area is 245 Å². The SMILES string of the molecule is COC(=O)[C@H](C)NC(=O)CNC(=O)[C@H](C)NC(=O)[C@H](Cc1ccc(OC(=O)OC(C)(C)C)cc1)NC(=O)OC(C)(C)C. The number of methoxy groups -OCH3 is 1. The number of carbonyl (C=O) groups excluding carboxylic acids is 6. The van der Waals surface area contributed by atoms with E-state index in [2.05, 4.69) is 26.0 Å². The van der Waals surface area contributed by atoms with Crippen LogP contribution < -0.4 is 26.0 Å². The molecule has 1 rings (SSSR count). The lowest BCUT2D eigenvalue weighted by Gasteiger charge is -2.24. The number of nitrogens with one attached hydrogen (secondary N) is 4. The second kappa shape index (κ2) is 15.6. The van der Waals surface area contributed by atoms with Crippen molar-refractivity contribution < 1.29 is 47.7 Å². The molecule has 0 saturated carbocycles. The quantitative estimate of drug-likeness (QED) is 0.167. The molecule has 0 aliphatic heterocycles. The number of carbonyl (C=O) groups is 6. The number of rotatable bonds is 11. The minimum atomic E-state index is -1.16. The summed E-state index contributed by atoms with van der Waals surface area (Å²) < 4.78 is 20.1. The zero-order valence-electron chi connectivity index (χ0n) is 25.5. The molecule has 1 aromatic carbocycles. The van der Waals surface area contributed by atoms with Crippen LogP contribution in [0.3, 0.4) is 0 Å². The van der Waals surface area contributed by atoms with E-state index in [0.29, 0.717) is 5.56 Å². The molecule has 234 valence electrons. The first-order valence-electron chi connectivity index (χ1n) is 13.2. The molecule has 14 heteroatoms. The van der Waals surface area contributed by atoms with Gasteiger partial charge in [-0.2, -0.15) is 0 Å². The van der Waals surface area contributed by atoms with Crippen molar-refractivity contribution in [1.82, 2.24) is 21.3 Å². The van der Waals surface area contributed by atoms with Gasteiger partial charge in [0.2, 0.25) is 17.7 Å². The topological polar surface area (TPSA) is 187 Å². The summed E-state index contributed by atoms with van der Waals surface area (Å²) in [5, 5.41) is 9.74. The van der Waals surface area contributed by atoms with E-state index in [1.165, 1.54) is 33.1 Å². The highest BCUT2D eigenvalue weighted by Gasteiger charge is 2.28. The number of benzene rings is 1. The van der Waals surface area contributed by atoms with E-state index >= 15 is 0 Å². The van der Waals surface area contributed by atoms with Crippen LogP contribution >= 0.6 is 0 Å². The van der Waals surface area contributed by atoms with Crippen molar-refractivity contribution >= 4 is 35.9 Å². The van der Waals surface area contributed by atoms with Gasteiger partial charge >= 0.3 is 18.2 Å². The Morgan fingerprint density at radius 3 is 1.86 bits per heavy atom. The van der Waals surface area contributed by atoms with Gasteiger partial charge in [0.1, 0.15) is 35.1 Å². The maximum atomic E-state index is 13.1. The van der Waals surface area contributed by atoms with Crippen molar-refractivity contribution in [2.75, 3.05) is 13.7 Å². The predicted molar refractivity (Wildman–Crippen MR) is 150 cm³/mol. The van der Waals surface area contributed by atoms with Crippen LogP contribution in [0.4, 0.5) is 9.59 Å². The Morgan fingerprint density at radius 2 is 1.33 bits per heavy atom. The van der Waals surface area contributed by atoms with Crippen molar-refractivity contribution in [2.24, 2.45) is 0 Å². The molecule has 0 spiro atoms. The summed E-state index contributed by atoms with van der Waals surface area (Å²) in [6, 6.07) is 3.05. The second-order valence-corrected chi connectivity index (χ2v) is 11.4. The number of hydrogen-bond acceptors (Lipinski definition) is 10. The third kappa shape index (κ3) is 14.3. The van der Waals surface area contributed by atoms with Gasteiger partial charge in [-0.25, -0.2) is 14.4 Å². The lowest BCUT2D eigenvalue weighted by molar-refractivity contribution is -0.144. The Hall–Kier alpha value is -4.36. The third-order valence-corrected chi connectivity index (χ3v) is 5.07. The average molecular weight is 595 g/mol.